The van der Waals surface area contributed by atoms with Gasteiger partial charge in [-0.05, 0) is 18.8 Å². The highest BCUT2D eigenvalue weighted by Gasteiger charge is 2.38. The van der Waals surface area contributed by atoms with Crippen LogP contribution in [0.1, 0.15) is 32.4 Å². The third-order valence-electron chi connectivity index (χ3n) is 4.22. The summed E-state index contributed by atoms with van der Waals surface area (Å²) in [7, 11) is 2.07. The molecule has 1 fully saturated rings. The van der Waals surface area contributed by atoms with Crippen LogP contribution in [0.5, 0.6) is 0 Å². The molecule has 0 radical (unpaired) electrons. The fourth-order valence-corrected chi connectivity index (χ4v) is 3.28. The normalized spacial score (nSPS) is 26.6. The smallest absolute Gasteiger partial charge is 0.150 e. The number of rotatable bonds is 2. The lowest BCUT2D eigenvalue weighted by Gasteiger charge is -2.34. The SMILES string of the molecule is CCCc1nn(C)c2c1NCC1C(C)CCN21. The van der Waals surface area contributed by atoms with Gasteiger partial charge in [-0.25, -0.2) is 0 Å². The second kappa shape index (κ2) is 3.93. The minimum Gasteiger partial charge on any atom is -0.378 e. The van der Waals surface area contributed by atoms with Crippen molar-refractivity contribution < 1.29 is 0 Å². The molecule has 2 aliphatic heterocycles. The maximum atomic E-state index is 4.68. The van der Waals surface area contributed by atoms with Crippen LogP contribution in [0.2, 0.25) is 0 Å². The Bertz CT molecular complexity index is 423. The molecule has 1 N–H and O–H groups in total. The van der Waals surface area contributed by atoms with Crippen molar-refractivity contribution in [3.05, 3.63) is 5.69 Å². The number of nitrogens with zero attached hydrogens (tertiary/aromatic N) is 3. The van der Waals surface area contributed by atoms with Gasteiger partial charge in [0.25, 0.3) is 0 Å². The van der Waals surface area contributed by atoms with E-state index >= 15 is 0 Å². The maximum absolute atomic E-state index is 4.68. The predicted molar refractivity (Wildman–Crippen MR) is 70.6 cm³/mol. The zero-order valence-electron chi connectivity index (χ0n) is 11.0. The van der Waals surface area contributed by atoms with Crippen molar-refractivity contribution in [1.82, 2.24) is 9.78 Å². The molecule has 0 bridgehead atoms. The zero-order valence-corrected chi connectivity index (χ0v) is 11.0. The number of hydrogen-bond acceptors (Lipinski definition) is 3. The Hall–Kier alpha value is -1.19. The van der Waals surface area contributed by atoms with Crippen molar-refractivity contribution in [1.29, 1.82) is 0 Å². The van der Waals surface area contributed by atoms with E-state index in [9.17, 15) is 0 Å². The van der Waals surface area contributed by atoms with Crippen LogP contribution < -0.4 is 10.2 Å². The third kappa shape index (κ3) is 1.53. The van der Waals surface area contributed by atoms with Crippen molar-refractivity contribution in [2.45, 2.75) is 39.2 Å². The van der Waals surface area contributed by atoms with Crippen LogP contribution in [0.4, 0.5) is 11.5 Å². The average molecular weight is 234 g/mol. The fraction of sp³-hybridized carbons (Fsp3) is 0.769. The number of aromatic nitrogens is 2. The first-order valence-corrected chi connectivity index (χ1v) is 6.78. The lowest BCUT2D eigenvalue weighted by atomic mass is 10.0. The van der Waals surface area contributed by atoms with Crippen LogP contribution in [-0.4, -0.2) is 28.9 Å². The van der Waals surface area contributed by atoms with Gasteiger partial charge < -0.3 is 10.2 Å². The van der Waals surface area contributed by atoms with Crippen molar-refractivity contribution in [2.24, 2.45) is 13.0 Å². The van der Waals surface area contributed by atoms with Crippen LogP contribution in [-0.2, 0) is 13.5 Å². The lowest BCUT2D eigenvalue weighted by Crippen LogP contribution is -2.42. The van der Waals surface area contributed by atoms with Crippen molar-refractivity contribution >= 4 is 11.5 Å². The van der Waals surface area contributed by atoms with Gasteiger partial charge in [0.1, 0.15) is 5.69 Å². The summed E-state index contributed by atoms with van der Waals surface area (Å²) in [6, 6.07) is 0.660. The summed E-state index contributed by atoms with van der Waals surface area (Å²) in [5.41, 5.74) is 2.53. The summed E-state index contributed by atoms with van der Waals surface area (Å²) >= 11 is 0. The van der Waals surface area contributed by atoms with Crippen LogP contribution in [0.25, 0.3) is 0 Å². The molecule has 1 aromatic rings. The summed E-state index contributed by atoms with van der Waals surface area (Å²) in [5.74, 6) is 2.11. The monoisotopic (exact) mass is 234 g/mol. The highest BCUT2D eigenvalue weighted by atomic mass is 15.4. The largest absolute Gasteiger partial charge is 0.378 e. The van der Waals surface area contributed by atoms with Gasteiger partial charge in [0.2, 0.25) is 0 Å². The quantitative estimate of drug-likeness (QED) is 0.850. The Morgan fingerprint density at radius 2 is 2.29 bits per heavy atom. The van der Waals surface area contributed by atoms with Gasteiger partial charge in [0.05, 0.1) is 11.7 Å². The summed E-state index contributed by atoms with van der Waals surface area (Å²) in [6.07, 6.45) is 3.54. The number of anilines is 2. The van der Waals surface area contributed by atoms with E-state index in [1.807, 2.05) is 0 Å². The van der Waals surface area contributed by atoms with Crippen LogP contribution in [0.3, 0.4) is 0 Å². The molecule has 4 nitrogen and oxygen atoms in total. The van der Waals surface area contributed by atoms with E-state index in [-0.39, 0.29) is 0 Å². The molecule has 0 aromatic carbocycles. The molecule has 94 valence electrons. The van der Waals surface area contributed by atoms with E-state index < -0.39 is 0 Å². The summed E-state index contributed by atoms with van der Waals surface area (Å²) in [5, 5.41) is 8.29. The Morgan fingerprint density at radius 1 is 1.47 bits per heavy atom. The van der Waals surface area contributed by atoms with Gasteiger partial charge in [0, 0.05) is 20.1 Å². The van der Waals surface area contributed by atoms with E-state index in [2.05, 4.69) is 40.9 Å². The Morgan fingerprint density at radius 3 is 3.06 bits per heavy atom. The first-order chi connectivity index (χ1) is 8.22. The second-order valence-electron chi connectivity index (χ2n) is 5.43. The molecule has 4 heteroatoms. The molecule has 2 atom stereocenters. The molecule has 1 saturated heterocycles. The fourth-order valence-electron chi connectivity index (χ4n) is 3.28. The molecular formula is C13H22N4. The van der Waals surface area contributed by atoms with E-state index in [1.165, 1.54) is 30.2 Å². The van der Waals surface area contributed by atoms with Gasteiger partial charge in [-0.3, -0.25) is 4.68 Å². The van der Waals surface area contributed by atoms with Gasteiger partial charge in [0.15, 0.2) is 5.82 Å². The van der Waals surface area contributed by atoms with Gasteiger partial charge in [-0.15, -0.1) is 0 Å². The van der Waals surface area contributed by atoms with E-state index in [0.717, 1.165) is 25.3 Å². The van der Waals surface area contributed by atoms with Crippen molar-refractivity contribution in [2.75, 3.05) is 23.3 Å². The van der Waals surface area contributed by atoms with Crippen LogP contribution >= 0.6 is 0 Å². The zero-order chi connectivity index (χ0) is 12.0. The summed E-state index contributed by atoms with van der Waals surface area (Å²) < 4.78 is 2.07. The summed E-state index contributed by atoms with van der Waals surface area (Å²) in [4.78, 5) is 2.56. The summed E-state index contributed by atoms with van der Waals surface area (Å²) in [6.45, 7) is 6.84. The molecule has 0 amide bonds. The highest BCUT2D eigenvalue weighted by molar-refractivity contribution is 5.72. The second-order valence-corrected chi connectivity index (χ2v) is 5.43. The van der Waals surface area contributed by atoms with Gasteiger partial charge >= 0.3 is 0 Å². The first-order valence-electron chi connectivity index (χ1n) is 6.78. The Kier molecular flexibility index (Phi) is 2.53. The Labute approximate surface area is 103 Å². The molecule has 0 aliphatic carbocycles. The minimum atomic E-state index is 0.660. The van der Waals surface area contributed by atoms with E-state index in [1.54, 1.807) is 0 Å². The Balaban J connectivity index is 2.00. The standard InChI is InChI=1S/C13H22N4/c1-4-5-10-12-13(16(3)15-10)17-7-6-9(2)11(17)8-14-12/h9,11,14H,4-8H2,1-3H3. The van der Waals surface area contributed by atoms with E-state index in [4.69, 9.17) is 0 Å². The van der Waals surface area contributed by atoms with E-state index in [0.29, 0.717) is 6.04 Å². The molecule has 1 aromatic heterocycles. The molecule has 2 aliphatic rings. The molecular weight excluding hydrogens is 212 g/mol. The molecule has 0 saturated carbocycles. The van der Waals surface area contributed by atoms with Crippen molar-refractivity contribution in [3.8, 4) is 0 Å². The molecule has 3 heterocycles. The lowest BCUT2D eigenvalue weighted by molar-refractivity contribution is 0.518. The third-order valence-corrected chi connectivity index (χ3v) is 4.22. The number of aryl methyl sites for hydroxylation is 2. The molecule has 17 heavy (non-hydrogen) atoms. The number of hydrogen-bond donors (Lipinski definition) is 1. The van der Waals surface area contributed by atoms with Crippen LogP contribution in [0.15, 0.2) is 0 Å². The minimum absolute atomic E-state index is 0.660. The topological polar surface area (TPSA) is 33.1 Å². The maximum Gasteiger partial charge on any atom is 0.150 e. The number of nitrogens with one attached hydrogen (secondary N) is 1. The predicted octanol–water partition coefficient (Wildman–Crippen LogP) is 2.01. The molecule has 0 spiro atoms. The van der Waals surface area contributed by atoms with Gasteiger partial charge in [-0.1, -0.05) is 20.3 Å². The van der Waals surface area contributed by atoms with Crippen LogP contribution in [0, 0.1) is 5.92 Å². The average Bonchev–Trinajstić information content (AvgIpc) is 2.83. The number of fused-ring (bicyclic) bond motifs is 3. The molecule has 3 rings (SSSR count). The molecule has 2 unspecified atom stereocenters. The van der Waals surface area contributed by atoms with Gasteiger partial charge in [-0.2, -0.15) is 5.10 Å². The highest BCUT2D eigenvalue weighted by Crippen LogP contribution is 2.40. The van der Waals surface area contributed by atoms with Crippen molar-refractivity contribution in [3.63, 3.8) is 0 Å². The first kappa shape index (κ1) is 10.9.